The Morgan fingerprint density at radius 3 is 2.53 bits per heavy atom. The number of hydrogen-bond acceptors (Lipinski definition) is 0. The van der Waals surface area contributed by atoms with E-state index in [1.807, 2.05) is 0 Å². The number of hydrogen-bond donors (Lipinski definition) is 0. The average molecular weight is 338 g/mol. The molecule has 0 aliphatic carbocycles. The van der Waals surface area contributed by atoms with E-state index in [1.54, 1.807) is 0 Å². The Morgan fingerprint density at radius 1 is 0.867 bits per heavy atom. The van der Waals surface area contributed by atoms with Crippen molar-refractivity contribution in [2.75, 3.05) is 0 Å². The minimum absolute atomic E-state index is 0.793. The van der Waals surface area contributed by atoms with Crippen LogP contribution in [0, 0.1) is 0 Å². The van der Waals surface area contributed by atoms with Gasteiger partial charge in [0, 0.05) is 8.95 Å². The van der Waals surface area contributed by atoms with Gasteiger partial charge in [0.2, 0.25) is 0 Å². The SMILES string of the molecule is Brc1ccc2c(c1Br)-c1ccccc1[Si]2. The zero-order chi connectivity index (χ0) is 10.4. The van der Waals surface area contributed by atoms with Crippen LogP contribution < -0.4 is 10.4 Å². The molecule has 2 radical (unpaired) electrons. The molecule has 0 aromatic heterocycles. The van der Waals surface area contributed by atoms with Gasteiger partial charge in [-0.15, -0.1) is 0 Å². The average Bonchev–Trinajstić information content (AvgIpc) is 2.62. The maximum Gasteiger partial charge on any atom is 0.123 e. The van der Waals surface area contributed by atoms with Crippen LogP contribution in [0.2, 0.25) is 0 Å². The van der Waals surface area contributed by atoms with Crippen LogP contribution >= 0.6 is 31.9 Å². The third kappa shape index (κ3) is 1.45. The fourth-order valence-electron chi connectivity index (χ4n) is 1.87. The van der Waals surface area contributed by atoms with Crippen molar-refractivity contribution < 1.29 is 0 Å². The second kappa shape index (κ2) is 3.58. The molecule has 0 unspecified atom stereocenters. The van der Waals surface area contributed by atoms with Crippen molar-refractivity contribution in [1.29, 1.82) is 0 Å². The maximum absolute atomic E-state index is 3.66. The summed E-state index contributed by atoms with van der Waals surface area (Å²) in [5.74, 6) is 0. The molecule has 0 fully saturated rings. The third-order valence-corrected chi connectivity index (χ3v) is 5.97. The van der Waals surface area contributed by atoms with Gasteiger partial charge in [0.05, 0.1) is 0 Å². The Kier molecular flexibility index (Phi) is 2.34. The predicted molar refractivity (Wildman–Crippen MR) is 72.3 cm³/mol. The number of halogens is 2. The first-order valence-corrected chi connectivity index (χ1v) is 7.20. The molecule has 1 aliphatic rings. The summed E-state index contributed by atoms with van der Waals surface area (Å²) in [5.41, 5.74) is 2.73. The number of rotatable bonds is 0. The van der Waals surface area contributed by atoms with Gasteiger partial charge in [0.15, 0.2) is 0 Å². The molecule has 0 atom stereocenters. The lowest BCUT2D eigenvalue weighted by Crippen LogP contribution is -2.20. The summed E-state index contributed by atoms with van der Waals surface area (Å²) in [5, 5.41) is 2.89. The lowest BCUT2D eigenvalue weighted by molar-refractivity contribution is 1.61. The van der Waals surface area contributed by atoms with E-state index >= 15 is 0 Å². The smallest absolute Gasteiger partial charge is 0.0625 e. The Hall–Kier alpha value is -0.383. The van der Waals surface area contributed by atoms with Crippen LogP contribution in [0.25, 0.3) is 11.1 Å². The van der Waals surface area contributed by atoms with Crippen molar-refractivity contribution in [1.82, 2.24) is 0 Å². The minimum atomic E-state index is 0.793. The van der Waals surface area contributed by atoms with E-state index in [0.717, 1.165) is 14.0 Å². The normalized spacial score (nSPS) is 12.4. The molecule has 0 amide bonds. The molecule has 0 N–H and O–H groups in total. The summed E-state index contributed by atoms with van der Waals surface area (Å²) in [6.07, 6.45) is 0. The highest BCUT2D eigenvalue weighted by Crippen LogP contribution is 2.33. The topological polar surface area (TPSA) is 0 Å². The van der Waals surface area contributed by atoms with E-state index in [2.05, 4.69) is 68.3 Å². The van der Waals surface area contributed by atoms with Gasteiger partial charge in [-0.05, 0) is 54.2 Å². The lowest BCUT2D eigenvalue weighted by atomic mass is 10.1. The monoisotopic (exact) mass is 336 g/mol. The van der Waals surface area contributed by atoms with Gasteiger partial charge in [-0.2, -0.15) is 0 Å². The van der Waals surface area contributed by atoms with Crippen molar-refractivity contribution in [3.8, 4) is 11.1 Å². The third-order valence-electron chi connectivity index (χ3n) is 2.56. The van der Waals surface area contributed by atoms with E-state index in [1.165, 1.54) is 26.0 Å². The number of fused-ring (bicyclic) bond motifs is 3. The molecule has 72 valence electrons. The first-order valence-electron chi connectivity index (χ1n) is 4.62. The zero-order valence-corrected chi connectivity index (χ0v) is 11.9. The lowest BCUT2D eigenvalue weighted by Gasteiger charge is -2.05. The first kappa shape index (κ1) is 9.82. The van der Waals surface area contributed by atoms with Gasteiger partial charge in [-0.25, -0.2) is 0 Å². The summed E-state index contributed by atoms with van der Waals surface area (Å²) >= 11 is 7.22. The minimum Gasteiger partial charge on any atom is -0.0625 e. The fourth-order valence-corrected chi connectivity index (χ4v) is 4.31. The van der Waals surface area contributed by atoms with Crippen LogP contribution in [-0.4, -0.2) is 9.52 Å². The highest BCUT2D eigenvalue weighted by atomic mass is 79.9. The van der Waals surface area contributed by atoms with Crippen LogP contribution in [0.5, 0.6) is 0 Å². The van der Waals surface area contributed by atoms with Crippen molar-refractivity contribution in [2.45, 2.75) is 0 Å². The van der Waals surface area contributed by atoms with Crippen LogP contribution in [0.1, 0.15) is 0 Å². The van der Waals surface area contributed by atoms with Gasteiger partial charge >= 0.3 is 0 Å². The summed E-state index contributed by atoms with van der Waals surface area (Å²) in [6.45, 7) is 0. The molecule has 1 aliphatic heterocycles. The molecular weight excluding hydrogens is 332 g/mol. The van der Waals surface area contributed by atoms with Gasteiger partial charge in [0.1, 0.15) is 9.52 Å². The molecule has 0 saturated carbocycles. The molecular formula is C12H6Br2Si. The second-order valence-electron chi connectivity index (χ2n) is 3.45. The van der Waals surface area contributed by atoms with E-state index < -0.39 is 0 Å². The van der Waals surface area contributed by atoms with E-state index in [9.17, 15) is 0 Å². The molecule has 1 heterocycles. The second-order valence-corrected chi connectivity index (χ2v) is 6.43. The molecule has 0 spiro atoms. The Bertz CT molecular complexity index is 549. The van der Waals surface area contributed by atoms with Crippen molar-refractivity contribution >= 4 is 51.8 Å². The van der Waals surface area contributed by atoms with Gasteiger partial charge in [-0.1, -0.05) is 35.5 Å². The predicted octanol–water partition coefficient (Wildman–Crippen LogP) is 2.85. The molecule has 2 aromatic rings. The molecule has 0 nitrogen and oxygen atoms in total. The molecule has 3 rings (SSSR count). The molecule has 15 heavy (non-hydrogen) atoms. The van der Waals surface area contributed by atoms with Crippen LogP contribution in [0.3, 0.4) is 0 Å². The molecule has 0 saturated heterocycles. The standard InChI is InChI=1S/C12H6Br2Si/c13-8-5-6-10-11(12(8)14)7-3-1-2-4-9(7)15-10/h1-6H. The zero-order valence-electron chi connectivity index (χ0n) is 7.72. The largest absolute Gasteiger partial charge is 0.123 e. The summed E-state index contributed by atoms with van der Waals surface area (Å²) in [6, 6.07) is 13.0. The van der Waals surface area contributed by atoms with Crippen LogP contribution in [0.15, 0.2) is 45.3 Å². The summed E-state index contributed by atoms with van der Waals surface area (Å²) in [7, 11) is 0.793. The van der Waals surface area contributed by atoms with Crippen molar-refractivity contribution in [3.05, 3.63) is 45.3 Å². The molecule has 0 bridgehead atoms. The highest BCUT2D eigenvalue weighted by Gasteiger charge is 2.21. The quantitative estimate of drug-likeness (QED) is 0.553. The fraction of sp³-hybridized carbons (Fsp3) is 0. The molecule has 3 heteroatoms. The molecule has 2 aromatic carbocycles. The van der Waals surface area contributed by atoms with Gasteiger partial charge in [-0.3, -0.25) is 0 Å². The van der Waals surface area contributed by atoms with Crippen LogP contribution in [0.4, 0.5) is 0 Å². The van der Waals surface area contributed by atoms with E-state index in [0.29, 0.717) is 0 Å². The first-order chi connectivity index (χ1) is 7.27. The summed E-state index contributed by atoms with van der Waals surface area (Å²) < 4.78 is 2.31. The van der Waals surface area contributed by atoms with E-state index in [4.69, 9.17) is 0 Å². The van der Waals surface area contributed by atoms with Gasteiger partial charge < -0.3 is 0 Å². The van der Waals surface area contributed by atoms with E-state index in [-0.39, 0.29) is 0 Å². The number of benzene rings is 2. The van der Waals surface area contributed by atoms with Crippen molar-refractivity contribution in [3.63, 3.8) is 0 Å². The Labute approximate surface area is 108 Å². The van der Waals surface area contributed by atoms with Crippen molar-refractivity contribution in [2.24, 2.45) is 0 Å². The Balaban J connectivity index is 2.36. The Morgan fingerprint density at radius 2 is 1.67 bits per heavy atom. The highest BCUT2D eigenvalue weighted by molar-refractivity contribution is 9.13. The van der Waals surface area contributed by atoms with Gasteiger partial charge in [0.25, 0.3) is 0 Å². The maximum atomic E-state index is 3.66. The summed E-state index contributed by atoms with van der Waals surface area (Å²) in [4.78, 5) is 0. The van der Waals surface area contributed by atoms with Crippen LogP contribution in [-0.2, 0) is 0 Å².